The van der Waals surface area contributed by atoms with Crippen molar-refractivity contribution in [3.8, 4) is 5.69 Å². The molecule has 3 rings (SSSR count). The van der Waals surface area contributed by atoms with E-state index in [0.717, 1.165) is 30.5 Å². The minimum atomic E-state index is -0.629. The van der Waals surface area contributed by atoms with Gasteiger partial charge in [0.1, 0.15) is 23.1 Å². The zero-order valence-electron chi connectivity index (χ0n) is 14.7. The van der Waals surface area contributed by atoms with E-state index in [9.17, 15) is 9.18 Å². The molecule has 1 aromatic carbocycles. The van der Waals surface area contributed by atoms with Crippen LogP contribution in [-0.2, 0) is 0 Å². The second-order valence-electron chi connectivity index (χ2n) is 7.03. The number of aryl methyl sites for hydroxylation is 1. The smallest absolute Gasteiger partial charge is 0.260 e. The van der Waals surface area contributed by atoms with E-state index in [1.807, 2.05) is 0 Å². The first-order valence-corrected chi connectivity index (χ1v) is 9.21. The van der Waals surface area contributed by atoms with Crippen molar-refractivity contribution in [1.29, 1.82) is 0 Å². The van der Waals surface area contributed by atoms with Gasteiger partial charge in [0.25, 0.3) is 5.56 Å². The van der Waals surface area contributed by atoms with Crippen molar-refractivity contribution in [1.82, 2.24) is 9.55 Å². The quantitative estimate of drug-likeness (QED) is 0.802. The number of rotatable bonds is 3. The van der Waals surface area contributed by atoms with Crippen LogP contribution in [0.5, 0.6) is 0 Å². The van der Waals surface area contributed by atoms with Crippen LogP contribution in [0.4, 0.5) is 10.2 Å². The average molecular weight is 399 g/mol. The molecule has 26 heavy (non-hydrogen) atoms. The summed E-state index contributed by atoms with van der Waals surface area (Å²) in [4.78, 5) is 19.3. The Morgan fingerprint density at radius 1 is 1.31 bits per heavy atom. The second-order valence-corrected chi connectivity index (χ2v) is 7.81. The van der Waals surface area contributed by atoms with Crippen LogP contribution in [0.3, 0.4) is 0 Å². The first-order valence-electron chi connectivity index (χ1n) is 8.45. The molecule has 1 fully saturated rings. The molecule has 8 heteroatoms. The second kappa shape index (κ2) is 7.18. The predicted octanol–water partition coefficient (Wildman–Crippen LogP) is 3.55. The lowest BCUT2D eigenvalue weighted by atomic mass is 9.80. The number of hydrogen-bond acceptors (Lipinski definition) is 4. The Kier molecular flexibility index (Phi) is 5.28. The molecule has 1 aromatic heterocycles. The summed E-state index contributed by atoms with van der Waals surface area (Å²) < 4.78 is 15.5. The molecule has 2 aromatic rings. The van der Waals surface area contributed by atoms with Gasteiger partial charge >= 0.3 is 0 Å². The Labute approximate surface area is 161 Å². The zero-order chi connectivity index (χ0) is 19.1. The fourth-order valence-electron chi connectivity index (χ4n) is 3.22. The highest BCUT2D eigenvalue weighted by Gasteiger charge is 2.29. The van der Waals surface area contributed by atoms with E-state index in [4.69, 9.17) is 28.9 Å². The van der Waals surface area contributed by atoms with Crippen molar-refractivity contribution in [2.75, 3.05) is 24.5 Å². The normalized spacial score (nSPS) is 16.8. The van der Waals surface area contributed by atoms with Crippen molar-refractivity contribution in [3.63, 3.8) is 0 Å². The summed E-state index contributed by atoms with van der Waals surface area (Å²) in [7, 11) is 0. The number of benzene rings is 1. The fraction of sp³-hybridized carbons (Fsp3) is 0.444. The van der Waals surface area contributed by atoms with E-state index >= 15 is 0 Å². The van der Waals surface area contributed by atoms with Crippen molar-refractivity contribution in [2.24, 2.45) is 11.1 Å². The SMILES string of the molecule is Cc1nc(N2CCC(C)(CN)CC2)cc(=O)n1-c1c(F)ccc(Cl)c1Cl. The Bertz CT molecular complexity index is 891. The van der Waals surface area contributed by atoms with Gasteiger partial charge in [-0.2, -0.15) is 0 Å². The number of nitrogens with zero attached hydrogens (tertiary/aromatic N) is 3. The van der Waals surface area contributed by atoms with Gasteiger partial charge in [-0.05, 0) is 43.9 Å². The van der Waals surface area contributed by atoms with E-state index in [2.05, 4.69) is 16.8 Å². The van der Waals surface area contributed by atoms with Crippen LogP contribution in [0.1, 0.15) is 25.6 Å². The molecule has 5 nitrogen and oxygen atoms in total. The molecular formula is C18H21Cl2FN4O. The largest absolute Gasteiger partial charge is 0.356 e. The molecule has 0 amide bonds. The van der Waals surface area contributed by atoms with Gasteiger partial charge in [-0.3, -0.25) is 9.36 Å². The lowest BCUT2D eigenvalue weighted by Crippen LogP contribution is -2.43. The van der Waals surface area contributed by atoms with E-state index in [-0.39, 0.29) is 21.1 Å². The van der Waals surface area contributed by atoms with Crippen LogP contribution in [0.2, 0.25) is 10.0 Å². The summed E-state index contributed by atoms with van der Waals surface area (Å²) in [6.45, 7) is 6.01. The third kappa shape index (κ3) is 3.46. The zero-order valence-corrected chi connectivity index (χ0v) is 16.2. The molecule has 0 unspecified atom stereocenters. The topological polar surface area (TPSA) is 64.2 Å². The molecular weight excluding hydrogens is 378 g/mol. The maximum Gasteiger partial charge on any atom is 0.260 e. The molecule has 0 spiro atoms. The number of halogens is 3. The summed E-state index contributed by atoms with van der Waals surface area (Å²) in [5, 5.41) is 0.165. The average Bonchev–Trinajstić information content (AvgIpc) is 2.61. The van der Waals surface area contributed by atoms with Crippen LogP contribution >= 0.6 is 23.2 Å². The van der Waals surface area contributed by atoms with Gasteiger partial charge in [-0.15, -0.1) is 0 Å². The third-order valence-electron chi connectivity index (χ3n) is 5.10. The van der Waals surface area contributed by atoms with Crippen LogP contribution in [0.25, 0.3) is 5.69 Å². The maximum atomic E-state index is 14.3. The van der Waals surface area contributed by atoms with Crippen LogP contribution < -0.4 is 16.2 Å². The molecule has 140 valence electrons. The van der Waals surface area contributed by atoms with Crippen molar-refractivity contribution < 1.29 is 4.39 Å². The standard InChI is InChI=1S/C18H21Cl2FN4O/c1-11-23-14(24-7-5-18(2,10-22)6-8-24)9-15(26)25(11)17-13(21)4-3-12(19)16(17)20/h3-4,9H,5-8,10,22H2,1-2H3. The van der Waals surface area contributed by atoms with E-state index in [1.165, 1.54) is 18.2 Å². The maximum absolute atomic E-state index is 14.3. The minimum Gasteiger partial charge on any atom is -0.356 e. The monoisotopic (exact) mass is 398 g/mol. The summed E-state index contributed by atoms with van der Waals surface area (Å²) in [6, 6.07) is 3.95. The van der Waals surface area contributed by atoms with Gasteiger partial charge in [-0.1, -0.05) is 30.1 Å². The molecule has 0 aliphatic carbocycles. The molecule has 2 heterocycles. The minimum absolute atomic E-state index is 0.0110. The summed E-state index contributed by atoms with van der Waals surface area (Å²) >= 11 is 12.1. The van der Waals surface area contributed by atoms with Gasteiger partial charge in [0.2, 0.25) is 0 Å². The number of anilines is 1. The van der Waals surface area contributed by atoms with Gasteiger partial charge in [-0.25, -0.2) is 9.37 Å². The lowest BCUT2D eigenvalue weighted by molar-refractivity contribution is 0.258. The van der Waals surface area contributed by atoms with Gasteiger partial charge in [0.05, 0.1) is 10.0 Å². The fourth-order valence-corrected chi connectivity index (χ4v) is 3.61. The van der Waals surface area contributed by atoms with E-state index in [0.29, 0.717) is 18.2 Å². The molecule has 1 aliphatic heterocycles. The highest BCUT2D eigenvalue weighted by molar-refractivity contribution is 6.43. The highest BCUT2D eigenvalue weighted by Crippen LogP contribution is 2.33. The van der Waals surface area contributed by atoms with Crippen molar-refractivity contribution in [2.45, 2.75) is 26.7 Å². The Hall–Kier alpha value is -1.63. The van der Waals surface area contributed by atoms with Crippen molar-refractivity contribution in [3.05, 3.63) is 50.2 Å². The summed E-state index contributed by atoms with van der Waals surface area (Å²) in [5.74, 6) is 0.306. The molecule has 1 aliphatic rings. The predicted molar refractivity (Wildman–Crippen MR) is 103 cm³/mol. The summed E-state index contributed by atoms with van der Waals surface area (Å²) in [5.41, 5.74) is 5.50. The van der Waals surface area contributed by atoms with Crippen LogP contribution in [0, 0.1) is 18.2 Å². The van der Waals surface area contributed by atoms with Gasteiger partial charge in [0.15, 0.2) is 0 Å². The van der Waals surface area contributed by atoms with Gasteiger partial charge in [0, 0.05) is 19.2 Å². The highest BCUT2D eigenvalue weighted by atomic mass is 35.5. The molecule has 1 saturated heterocycles. The first kappa shape index (κ1) is 19.1. The van der Waals surface area contributed by atoms with E-state index < -0.39 is 11.4 Å². The number of piperidine rings is 1. The molecule has 0 radical (unpaired) electrons. The molecule has 2 N–H and O–H groups in total. The van der Waals surface area contributed by atoms with Crippen LogP contribution in [-0.4, -0.2) is 29.2 Å². The number of aromatic nitrogens is 2. The van der Waals surface area contributed by atoms with E-state index in [1.54, 1.807) is 6.92 Å². The Balaban J connectivity index is 1.99. The molecule has 0 bridgehead atoms. The molecule has 0 atom stereocenters. The number of nitrogens with two attached hydrogens (primary N) is 1. The van der Waals surface area contributed by atoms with Gasteiger partial charge < -0.3 is 10.6 Å². The Morgan fingerprint density at radius 3 is 2.54 bits per heavy atom. The summed E-state index contributed by atoms with van der Waals surface area (Å²) in [6.07, 6.45) is 1.87. The third-order valence-corrected chi connectivity index (χ3v) is 5.90. The Morgan fingerprint density at radius 2 is 1.96 bits per heavy atom. The van der Waals surface area contributed by atoms with Crippen LogP contribution in [0.15, 0.2) is 23.0 Å². The number of hydrogen-bond donors (Lipinski definition) is 1. The first-order chi connectivity index (χ1) is 12.3. The lowest BCUT2D eigenvalue weighted by Gasteiger charge is -2.39. The molecule has 0 saturated carbocycles. The van der Waals surface area contributed by atoms with Crippen molar-refractivity contribution >= 4 is 29.0 Å².